The highest BCUT2D eigenvalue weighted by atomic mass is 32.2. The number of benzene rings is 1. The van der Waals surface area contributed by atoms with Crippen LogP contribution in [0, 0.1) is 12.8 Å². The largest absolute Gasteiger partial charge is 0.384 e. The molecule has 1 aliphatic heterocycles. The van der Waals surface area contributed by atoms with E-state index >= 15 is 0 Å². The Bertz CT molecular complexity index is 724. The number of nitrogen functional groups attached to an aromatic ring is 1. The second-order valence-corrected chi connectivity index (χ2v) is 8.24. The summed E-state index contributed by atoms with van der Waals surface area (Å²) >= 11 is 1.38. The Morgan fingerprint density at radius 3 is 2.62 bits per heavy atom. The number of anilines is 1. The summed E-state index contributed by atoms with van der Waals surface area (Å²) in [5.41, 5.74) is 7.98. The lowest BCUT2D eigenvalue weighted by molar-refractivity contribution is -0.131. The maximum Gasteiger partial charge on any atom is 0.235 e. The Labute approximate surface area is 159 Å². The van der Waals surface area contributed by atoms with E-state index in [1.807, 2.05) is 18.7 Å². The first kappa shape index (κ1) is 18.7. The predicted molar refractivity (Wildman–Crippen MR) is 106 cm³/mol. The Balaban J connectivity index is 1.51. The number of carbonyl (C=O) groups is 1. The summed E-state index contributed by atoms with van der Waals surface area (Å²) in [6.07, 6.45) is 3.22. The molecule has 1 aromatic heterocycles. The predicted octanol–water partition coefficient (Wildman–Crippen LogP) is 3.33. The molecule has 0 aliphatic carbocycles. The van der Waals surface area contributed by atoms with Crippen LogP contribution >= 0.6 is 11.8 Å². The minimum absolute atomic E-state index is 0.164. The van der Waals surface area contributed by atoms with E-state index in [1.165, 1.54) is 17.3 Å². The van der Waals surface area contributed by atoms with Gasteiger partial charge in [-0.2, -0.15) is 0 Å². The van der Waals surface area contributed by atoms with Gasteiger partial charge in [0.05, 0.1) is 5.25 Å². The summed E-state index contributed by atoms with van der Waals surface area (Å²) < 4.78 is 0. The van der Waals surface area contributed by atoms with Gasteiger partial charge in [-0.05, 0) is 44.6 Å². The van der Waals surface area contributed by atoms with Crippen LogP contribution < -0.4 is 5.73 Å². The van der Waals surface area contributed by atoms with Gasteiger partial charge in [0.1, 0.15) is 5.82 Å². The zero-order valence-electron chi connectivity index (χ0n) is 15.4. The highest BCUT2D eigenvalue weighted by Gasteiger charge is 2.27. The average molecular weight is 371 g/mol. The molecule has 1 fully saturated rings. The van der Waals surface area contributed by atoms with Gasteiger partial charge in [0, 0.05) is 24.8 Å². The Kier molecular flexibility index (Phi) is 6.14. The van der Waals surface area contributed by atoms with Crippen LogP contribution in [0.25, 0.3) is 0 Å². The molecule has 2 heterocycles. The number of piperidine rings is 1. The monoisotopic (exact) mass is 370 g/mol. The van der Waals surface area contributed by atoms with Crippen molar-refractivity contribution in [3.63, 3.8) is 0 Å². The molecule has 5 nitrogen and oxygen atoms in total. The van der Waals surface area contributed by atoms with Crippen molar-refractivity contribution in [3.8, 4) is 0 Å². The van der Waals surface area contributed by atoms with E-state index in [9.17, 15) is 4.79 Å². The maximum absolute atomic E-state index is 12.8. The molecule has 3 rings (SSSR count). The fourth-order valence-corrected chi connectivity index (χ4v) is 4.31. The second-order valence-electron chi connectivity index (χ2n) is 6.94. The third-order valence-corrected chi connectivity index (χ3v) is 5.73. The van der Waals surface area contributed by atoms with Gasteiger partial charge < -0.3 is 10.6 Å². The lowest BCUT2D eigenvalue weighted by atomic mass is 9.90. The molecule has 0 spiro atoms. The molecular weight excluding hydrogens is 344 g/mol. The molecule has 1 amide bonds. The molecular formula is C20H26N4OS. The number of rotatable bonds is 5. The molecule has 2 N–H and O–H groups in total. The number of aryl methyl sites for hydroxylation is 1. The maximum atomic E-state index is 12.8. The van der Waals surface area contributed by atoms with E-state index in [0.717, 1.165) is 38.0 Å². The number of thioether (sulfide) groups is 1. The molecule has 6 heteroatoms. The van der Waals surface area contributed by atoms with E-state index in [0.29, 0.717) is 16.9 Å². The summed E-state index contributed by atoms with van der Waals surface area (Å²) in [6.45, 7) is 5.47. The van der Waals surface area contributed by atoms with Gasteiger partial charge in [-0.3, -0.25) is 4.79 Å². The van der Waals surface area contributed by atoms with Crippen LogP contribution in [0.15, 0.2) is 41.6 Å². The lowest BCUT2D eigenvalue weighted by Gasteiger charge is -2.33. The van der Waals surface area contributed by atoms with Gasteiger partial charge in [-0.25, -0.2) is 9.97 Å². The third-order valence-electron chi connectivity index (χ3n) is 4.78. The molecule has 138 valence electrons. The first-order valence-corrected chi connectivity index (χ1v) is 10.00. The van der Waals surface area contributed by atoms with E-state index in [-0.39, 0.29) is 11.2 Å². The molecule has 2 aromatic rings. The molecule has 26 heavy (non-hydrogen) atoms. The van der Waals surface area contributed by atoms with Crippen molar-refractivity contribution < 1.29 is 4.79 Å². The van der Waals surface area contributed by atoms with Crippen molar-refractivity contribution in [2.24, 2.45) is 5.92 Å². The van der Waals surface area contributed by atoms with Crippen LogP contribution in [0.2, 0.25) is 0 Å². The molecule has 1 aliphatic rings. The molecule has 1 saturated heterocycles. The highest BCUT2D eigenvalue weighted by molar-refractivity contribution is 8.00. The number of likely N-dealkylation sites (tertiary alicyclic amines) is 1. The molecule has 0 saturated carbocycles. The summed E-state index contributed by atoms with van der Waals surface area (Å²) in [7, 11) is 0. The standard InChI is InChI=1S/C20H26N4OS/c1-14-12-18(21)23-20(22-14)26-15(2)19(25)24-10-8-17(9-11-24)13-16-6-4-3-5-7-16/h3-7,12,15,17H,8-11,13H2,1-2H3,(H2,21,22,23). The van der Waals surface area contributed by atoms with Crippen molar-refractivity contribution in [3.05, 3.63) is 47.7 Å². The van der Waals surface area contributed by atoms with Crippen molar-refractivity contribution in [1.82, 2.24) is 14.9 Å². The Morgan fingerprint density at radius 2 is 1.96 bits per heavy atom. The number of amides is 1. The normalized spacial score (nSPS) is 16.5. The van der Waals surface area contributed by atoms with Gasteiger partial charge in [0.25, 0.3) is 0 Å². The number of aromatic nitrogens is 2. The van der Waals surface area contributed by atoms with Gasteiger partial charge in [-0.1, -0.05) is 42.1 Å². The van der Waals surface area contributed by atoms with Gasteiger partial charge in [-0.15, -0.1) is 0 Å². The molecule has 1 aromatic carbocycles. The fraction of sp³-hybridized carbons (Fsp3) is 0.450. The van der Waals surface area contributed by atoms with E-state index in [1.54, 1.807) is 6.07 Å². The van der Waals surface area contributed by atoms with Gasteiger partial charge in [0.15, 0.2) is 5.16 Å². The number of carbonyl (C=O) groups excluding carboxylic acids is 1. The van der Waals surface area contributed by atoms with Crippen LogP contribution in [-0.2, 0) is 11.2 Å². The molecule has 0 bridgehead atoms. The Morgan fingerprint density at radius 1 is 1.27 bits per heavy atom. The fourth-order valence-electron chi connectivity index (χ4n) is 3.39. The topological polar surface area (TPSA) is 72.1 Å². The lowest BCUT2D eigenvalue weighted by Crippen LogP contribution is -2.42. The minimum atomic E-state index is -0.207. The summed E-state index contributed by atoms with van der Waals surface area (Å²) in [5.74, 6) is 1.27. The Hall–Kier alpha value is -2.08. The number of nitrogens with zero attached hydrogens (tertiary/aromatic N) is 3. The van der Waals surface area contributed by atoms with E-state index < -0.39 is 0 Å². The van der Waals surface area contributed by atoms with Crippen molar-refractivity contribution in [1.29, 1.82) is 0 Å². The zero-order chi connectivity index (χ0) is 18.5. The molecule has 1 unspecified atom stereocenters. The summed E-state index contributed by atoms with van der Waals surface area (Å²) in [6, 6.07) is 12.3. The smallest absolute Gasteiger partial charge is 0.235 e. The molecule has 0 radical (unpaired) electrons. The first-order valence-electron chi connectivity index (χ1n) is 9.12. The number of hydrogen-bond donors (Lipinski definition) is 1. The minimum Gasteiger partial charge on any atom is -0.384 e. The number of nitrogens with two attached hydrogens (primary N) is 1. The molecule has 1 atom stereocenters. The quantitative estimate of drug-likeness (QED) is 0.646. The van der Waals surface area contributed by atoms with Crippen molar-refractivity contribution >= 4 is 23.5 Å². The average Bonchev–Trinajstić information content (AvgIpc) is 2.62. The first-order chi connectivity index (χ1) is 12.5. The summed E-state index contributed by atoms with van der Waals surface area (Å²) in [4.78, 5) is 23.3. The van der Waals surface area contributed by atoms with Crippen LogP contribution in [0.5, 0.6) is 0 Å². The third kappa shape index (κ3) is 4.97. The van der Waals surface area contributed by atoms with Crippen LogP contribution in [-0.4, -0.2) is 39.1 Å². The SMILES string of the molecule is Cc1cc(N)nc(SC(C)C(=O)N2CCC(Cc3ccccc3)CC2)n1. The zero-order valence-corrected chi connectivity index (χ0v) is 16.2. The van der Waals surface area contributed by atoms with E-state index in [4.69, 9.17) is 5.73 Å². The second kappa shape index (κ2) is 8.54. The van der Waals surface area contributed by atoms with E-state index in [2.05, 4.69) is 40.3 Å². The van der Waals surface area contributed by atoms with Gasteiger partial charge >= 0.3 is 0 Å². The van der Waals surface area contributed by atoms with Crippen LogP contribution in [0.4, 0.5) is 5.82 Å². The highest BCUT2D eigenvalue weighted by Crippen LogP contribution is 2.26. The van der Waals surface area contributed by atoms with Gasteiger partial charge in [0.2, 0.25) is 5.91 Å². The summed E-state index contributed by atoms with van der Waals surface area (Å²) in [5, 5.41) is 0.365. The van der Waals surface area contributed by atoms with Crippen LogP contribution in [0.1, 0.15) is 31.0 Å². The number of hydrogen-bond acceptors (Lipinski definition) is 5. The van der Waals surface area contributed by atoms with Crippen LogP contribution in [0.3, 0.4) is 0 Å². The van der Waals surface area contributed by atoms with Crippen molar-refractivity contribution in [2.45, 2.75) is 43.5 Å². The van der Waals surface area contributed by atoms with Crippen molar-refractivity contribution in [2.75, 3.05) is 18.8 Å².